The number of aliphatic hydroxyl groups excluding tert-OH is 1. The molecule has 0 spiro atoms. The number of nitrogens with two attached hydrogens (primary N) is 1. The first-order chi connectivity index (χ1) is 24.2. The number of nitrogens with one attached hydrogen (secondary N) is 2. The number of carbonyl (C=O) groups is 4. The van der Waals surface area contributed by atoms with Crippen LogP contribution in [0.25, 0.3) is 0 Å². The first kappa shape index (κ1) is 36.6. The molecule has 0 aliphatic heterocycles. The van der Waals surface area contributed by atoms with Gasteiger partial charge in [-0.2, -0.15) is 0 Å². The van der Waals surface area contributed by atoms with E-state index in [1.54, 1.807) is 37.3 Å². The minimum absolute atomic E-state index is 0.00468. The number of fused-ring (bicyclic) bond motifs is 5. The number of Topliss-reactive ketones (excluding diaryl/α,β-unsaturated/α-hetero) is 1. The summed E-state index contributed by atoms with van der Waals surface area (Å²) in [5.74, 6) is -2.27. The molecule has 10 nitrogen and oxygen atoms in total. The molecule has 4 aliphatic carbocycles. The Labute approximate surface area is 298 Å². The van der Waals surface area contributed by atoms with Gasteiger partial charge in [0, 0.05) is 36.1 Å². The first-order valence-corrected chi connectivity index (χ1v) is 17.7. The van der Waals surface area contributed by atoms with Crippen molar-refractivity contribution in [2.75, 3.05) is 19.0 Å². The van der Waals surface area contributed by atoms with Crippen LogP contribution in [0.15, 0.2) is 78.4 Å². The fourth-order valence-electron chi connectivity index (χ4n) is 10.1. The predicted octanol–water partition coefficient (Wildman–Crippen LogP) is 4.99. The zero-order valence-corrected chi connectivity index (χ0v) is 29.6. The van der Waals surface area contributed by atoms with Gasteiger partial charge < -0.3 is 30.9 Å². The number of ether oxygens (including phenoxy) is 2. The summed E-state index contributed by atoms with van der Waals surface area (Å²) in [7, 11) is 1.45. The molecule has 0 bridgehead atoms. The SMILES string of the molecule is CO[C@]1(C(=O)COC(=O)NCc2ccccc2NC(=O)[C@@H](N)Cc2ccccc2)[C@H](C)C[C@H]2[C@@H]3CCC4=CC(=O)C=C[C@]4(C)[C@@]3(F)[C@@H](O)C[C@@]21C. The van der Waals surface area contributed by atoms with Gasteiger partial charge in [0.1, 0.15) is 5.60 Å². The van der Waals surface area contributed by atoms with E-state index in [1.165, 1.54) is 19.3 Å². The first-order valence-electron chi connectivity index (χ1n) is 17.7. The van der Waals surface area contributed by atoms with Gasteiger partial charge in [0.05, 0.1) is 12.1 Å². The molecule has 0 unspecified atom stereocenters. The third kappa shape index (κ3) is 5.93. The Hall–Kier alpha value is -4.19. The maximum atomic E-state index is 17.6. The highest BCUT2D eigenvalue weighted by molar-refractivity contribution is 6.01. The molecule has 6 rings (SSSR count). The molecule has 2 aromatic rings. The molecule has 51 heavy (non-hydrogen) atoms. The molecule has 2 amide bonds. The number of hydrogen-bond donors (Lipinski definition) is 4. The van der Waals surface area contributed by atoms with E-state index in [9.17, 15) is 24.3 Å². The number of halogens is 1. The molecule has 4 aliphatic rings. The largest absolute Gasteiger partial charge is 0.441 e. The number of ketones is 2. The summed E-state index contributed by atoms with van der Waals surface area (Å²) in [6.07, 6.45) is 3.97. The van der Waals surface area contributed by atoms with Crippen molar-refractivity contribution in [2.45, 2.75) is 82.8 Å². The van der Waals surface area contributed by atoms with Gasteiger partial charge >= 0.3 is 6.09 Å². The summed E-state index contributed by atoms with van der Waals surface area (Å²) < 4.78 is 29.1. The lowest BCUT2D eigenvalue weighted by Gasteiger charge is -2.63. The Bertz CT molecular complexity index is 1760. The Morgan fingerprint density at radius 2 is 1.78 bits per heavy atom. The van der Waals surface area contributed by atoms with Gasteiger partial charge in [-0.1, -0.05) is 74.0 Å². The summed E-state index contributed by atoms with van der Waals surface area (Å²) in [4.78, 5) is 52.1. The lowest BCUT2D eigenvalue weighted by atomic mass is 9.44. The molecule has 0 heterocycles. The van der Waals surface area contributed by atoms with Crippen molar-refractivity contribution < 1.29 is 38.1 Å². The van der Waals surface area contributed by atoms with Crippen LogP contribution < -0.4 is 16.4 Å². The molecular formula is C40H48FN3O7. The molecule has 11 heteroatoms. The Kier molecular flexibility index (Phi) is 9.86. The number of hydrogen-bond acceptors (Lipinski definition) is 8. The normalized spacial score (nSPS) is 34.3. The number of para-hydroxylation sites is 1. The van der Waals surface area contributed by atoms with Crippen molar-refractivity contribution in [3.8, 4) is 0 Å². The monoisotopic (exact) mass is 701 g/mol. The average Bonchev–Trinajstić information content (AvgIpc) is 3.33. The molecule has 9 atom stereocenters. The van der Waals surface area contributed by atoms with E-state index in [2.05, 4.69) is 10.6 Å². The van der Waals surface area contributed by atoms with Crippen LogP contribution in [0.5, 0.6) is 0 Å². The Balaban J connectivity index is 1.11. The van der Waals surface area contributed by atoms with Gasteiger partial charge in [-0.25, -0.2) is 9.18 Å². The van der Waals surface area contributed by atoms with Crippen LogP contribution >= 0.6 is 0 Å². The highest BCUT2D eigenvalue weighted by atomic mass is 19.1. The molecule has 5 N–H and O–H groups in total. The smallest absolute Gasteiger partial charge is 0.407 e. The van der Waals surface area contributed by atoms with E-state index < -0.39 is 58.6 Å². The number of alkyl halides is 1. The zero-order valence-electron chi connectivity index (χ0n) is 29.6. The van der Waals surface area contributed by atoms with Gasteiger partial charge in [-0.05, 0) is 80.2 Å². The highest BCUT2D eigenvalue weighted by Crippen LogP contribution is 2.71. The molecule has 2 aromatic carbocycles. The number of anilines is 1. The molecule has 0 aromatic heterocycles. The summed E-state index contributed by atoms with van der Waals surface area (Å²) in [5, 5.41) is 17.2. The van der Waals surface area contributed by atoms with Crippen LogP contribution in [-0.4, -0.2) is 65.8 Å². The van der Waals surface area contributed by atoms with Gasteiger partial charge in [0.25, 0.3) is 0 Å². The van der Waals surface area contributed by atoms with Gasteiger partial charge in [-0.15, -0.1) is 0 Å². The van der Waals surface area contributed by atoms with Gasteiger partial charge in [-0.3, -0.25) is 14.4 Å². The van der Waals surface area contributed by atoms with Gasteiger partial charge in [0.15, 0.2) is 18.1 Å². The third-order valence-electron chi connectivity index (χ3n) is 12.6. The van der Waals surface area contributed by atoms with Crippen LogP contribution in [0.1, 0.15) is 57.6 Å². The van der Waals surface area contributed by atoms with E-state index in [1.807, 2.05) is 44.2 Å². The molecular weight excluding hydrogens is 653 g/mol. The number of benzene rings is 2. The molecule has 272 valence electrons. The maximum absolute atomic E-state index is 17.6. The lowest BCUT2D eigenvalue weighted by Crippen LogP contribution is -2.69. The van der Waals surface area contributed by atoms with E-state index >= 15 is 4.39 Å². The Morgan fingerprint density at radius 3 is 2.51 bits per heavy atom. The maximum Gasteiger partial charge on any atom is 0.407 e. The summed E-state index contributed by atoms with van der Waals surface area (Å²) >= 11 is 0. The fraction of sp³-hybridized carbons (Fsp3) is 0.500. The summed E-state index contributed by atoms with van der Waals surface area (Å²) in [6, 6.07) is 15.6. The number of allylic oxidation sites excluding steroid dienone is 4. The molecule has 0 saturated heterocycles. The number of carbonyl (C=O) groups excluding carboxylic acids is 4. The van der Waals surface area contributed by atoms with Crippen molar-refractivity contribution in [1.82, 2.24) is 5.32 Å². The molecule has 3 saturated carbocycles. The molecule has 0 radical (unpaired) electrons. The van der Waals surface area contributed by atoms with Crippen LogP contribution in [0.3, 0.4) is 0 Å². The van der Waals surface area contributed by atoms with E-state index in [0.29, 0.717) is 42.5 Å². The summed E-state index contributed by atoms with van der Waals surface area (Å²) in [6.45, 7) is 4.95. The Morgan fingerprint density at radius 1 is 1.08 bits per heavy atom. The number of aliphatic hydroxyl groups is 1. The van der Waals surface area contributed by atoms with Gasteiger partial charge in [0.2, 0.25) is 11.7 Å². The fourth-order valence-corrected chi connectivity index (χ4v) is 10.1. The van der Waals surface area contributed by atoms with Crippen LogP contribution in [0, 0.1) is 28.6 Å². The van der Waals surface area contributed by atoms with Crippen molar-refractivity contribution in [3.05, 3.63) is 89.5 Å². The topological polar surface area (TPSA) is 157 Å². The third-order valence-corrected chi connectivity index (χ3v) is 12.6. The molecule has 3 fully saturated rings. The quantitative estimate of drug-likeness (QED) is 0.270. The van der Waals surface area contributed by atoms with E-state index in [4.69, 9.17) is 15.2 Å². The summed E-state index contributed by atoms with van der Waals surface area (Å²) in [5.41, 5.74) is 3.29. The van der Waals surface area contributed by atoms with Crippen molar-refractivity contribution >= 4 is 29.3 Å². The number of methoxy groups -OCH3 is 1. The second-order valence-electron chi connectivity index (χ2n) is 15.1. The highest BCUT2D eigenvalue weighted by Gasteiger charge is 2.76. The van der Waals surface area contributed by atoms with Crippen molar-refractivity contribution in [3.63, 3.8) is 0 Å². The number of amides is 2. The minimum atomic E-state index is -2.04. The lowest BCUT2D eigenvalue weighted by molar-refractivity contribution is -0.224. The van der Waals surface area contributed by atoms with Crippen LogP contribution in [0.2, 0.25) is 0 Å². The van der Waals surface area contributed by atoms with Crippen LogP contribution in [-0.2, 0) is 36.8 Å². The predicted molar refractivity (Wildman–Crippen MR) is 189 cm³/mol. The number of rotatable bonds is 10. The standard InChI is InChI=1S/C40H48FN3O7/c1-24-18-30-29-15-14-27-20-28(45)16-17-37(27,2)39(29,41)33(46)21-38(30,3)40(24,50-4)34(47)23-51-36(49)43-22-26-12-8-9-13-32(26)44-35(48)31(42)19-25-10-6-5-7-11-25/h5-13,16-17,20,24,29-31,33,46H,14-15,18-19,21-23,42H2,1-4H3,(H,43,49)(H,44,48)/t24-,29+,30+,31+,33+,37+,38+,39+,40+/m1/s1. The number of alkyl carbamates (subject to hydrolysis) is 1. The minimum Gasteiger partial charge on any atom is -0.441 e. The zero-order chi connectivity index (χ0) is 36.8. The van der Waals surface area contributed by atoms with Crippen molar-refractivity contribution in [2.24, 2.45) is 34.3 Å². The van der Waals surface area contributed by atoms with Crippen LogP contribution in [0.4, 0.5) is 14.9 Å². The van der Waals surface area contributed by atoms with E-state index in [-0.39, 0.29) is 36.5 Å². The second kappa shape index (κ2) is 13.7. The van der Waals surface area contributed by atoms with Crippen molar-refractivity contribution in [1.29, 1.82) is 0 Å². The van der Waals surface area contributed by atoms with E-state index in [0.717, 1.165) is 5.56 Å². The average molecular weight is 702 g/mol. The second-order valence-corrected chi connectivity index (χ2v) is 15.1.